The van der Waals surface area contributed by atoms with Gasteiger partial charge in [0.05, 0.1) is 5.56 Å². The molecule has 19 heavy (non-hydrogen) atoms. The molecule has 2 rings (SSSR count). The number of benzene rings is 1. The molecule has 1 aromatic heterocycles. The van der Waals surface area contributed by atoms with Crippen LogP contribution in [0, 0.1) is 13.8 Å². The summed E-state index contributed by atoms with van der Waals surface area (Å²) in [5.74, 6) is 0. The van der Waals surface area contributed by atoms with E-state index >= 15 is 0 Å². The van der Waals surface area contributed by atoms with Gasteiger partial charge in [-0.25, -0.2) is 0 Å². The zero-order valence-corrected chi connectivity index (χ0v) is 11.3. The lowest BCUT2D eigenvalue weighted by Crippen LogP contribution is -2.08. The number of halogens is 3. The summed E-state index contributed by atoms with van der Waals surface area (Å²) in [5, 5.41) is 14.0. The minimum absolute atomic E-state index is 0.438. The van der Waals surface area contributed by atoms with Crippen LogP contribution >= 0.6 is 11.3 Å². The summed E-state index contributed by atoms with van der Waals surface area (Å²) in [5.41, 5.74) is 1.94. The van der Waals surface area contributed by atoms with Crippen LogP contribution in [0.5, 0.6) is 0 Å². The predicted octanol–water partition coefficient (Wildman–Crippen LogP) is 4.47. The summed E-state index contributed by atoms with van der Waals surface area (Å²) in [4.78, 5) is 0. The number of alkyl halides is 3. The van der Waals surface area contributed by atoms with Gasteiger partial charge in [-0.15, -0.1) is 0 Å². The van der Waals surface area contributed by atoms with Gasteiger partial charge in [-0.05, 0) is 59.0 Å². The van der Waals surface area contributed by atoms with Gasteiger partial charge in [0.25, 0.3) is 0 Å². The molecular formula is C14H13F3OS. The molecule has 0 saturated heterocycles. The minimum atomic E-state index is -4.35. The number of hydrogen-bond acceptors (Lipinski definition) is 2. The number of hydrogen-bond donors (Lipinski definition) is 1. The summed E-state index contributed by atoms with van der Waals surface area (Å²) >= 11 is 1.46. The van der Waals surface area contributed by atoms with Crippen LogP contribution in [0.2, 0.25) is 0 Å². The van der Waals surface area contributed by atoms with Gasteiger partial charge < -0.3 is 5.11 Å². The number of aliphatic hydroxyl groups excluding tert-OH is 1. The Balaban J connectivity index is 2.39. The van der Waals surface area contributed by atoms with E-state index in [1.54, 1.807) is 6.92 Å². The maximum atomic E-state index is 12.6. The maximum absolute atomic E-state index is 12.6. The van der Waals surface area contributed by atoms with Gasteiger partial charge in [0, 0.05) is 0 Å². The zero-order chi connectivity index (χ0) is 14.2. The van der Waals surface area contributed by atoms with Gasteiger partial charge in [0.1, 0.15) is 6.10 Å². The fourth-order valence-corrected chi connectivity index (χ4v) is 2.85. The Morgan fingerprint density at radius 2 is 1.74 bits per heavy atom. The minimum Gasteiger partial charge on any atom is -0.384 e. The lowest BCUT2D eigenvalue weighted by Gasteiger charge is -2.16. The van der Waals surface area contributed by atoms with Gasteiger partial charge in [0.15, 0.2) is 0 Å². The van der Waals surface area contributed by atoms with E-state index in [-0.39, 0.29) is 0 Å². The monoisotopic (exact) mass is 286 g/mol. The molecule has 0 bridgehead atoms. The second-order valence-electron chi connectivity index (χ2n) is 4.48. The van der Waals surface area contributed by atoms with E-state index in [1.165, 1.54) is 17.4 Å². The predicted molar refractivity (Wildman–Crippen MR) is 69.3 cm³/mol. The fourth-order valence-electron chi connectivity index (χ4n) is 1.98. The van der Waals surface area contributed by atoms with E-state index in [2.05, 4.69) is 0 Å². The average Bonchev–Trinajstić information content (AvgIpc) is 2.73. The molecule has 1 nitrogen and oxygen atoms in total. The van der Waals surface area contributed by atoms with Crippen LogP contribution < -0.4 is 0 Å². The summed E-state index contributed by atoms with van der Waals surface area (Å²) in [6.07, 6.45) is -5.24. The first-order chi connectivity index (χ1) is 8.80. The van der Waals surface area contributed by atoms with Crippen molar-refractivity contribution >= 4 is 11.3 Å². The molecule has 0 spiro atoms. The van der Waals surface area contributed by atoms with E-state index in [0.29, 0.717) is 11.1 Å². The Labute approximate surface area is 113 Å². The lowest BCUT2D eigenvalue weighted by atomic mass is 9.95. The number of aryl methyl sites for hydroxylation is 2. The van der Waals surface area contributed by atoms with Crippen LogP contribution in [0.4, 0.5) is 13.2 Å². The third kappa shape index (κ3) is 2.82. The second kappa shape index (κ2) is 4.98. The number of thiophene rings is 1. The SMILES string of the molecule is Cc1cc(C(F)(F)F)ccc1C(O)c1cscc1C. The number of aliphatic hydroxyl groups is 1. The molecule has 0 amide bonds. The largest absolute Gasteiger partial charge is 0.416 e. The Morgan fingerprint density at radius 1 is 1.05 bits per heavy atom. The van der Waals surface area contributed by atoms with E-state index in [4.69, 9.17) is 0 Å². The molecule has 0 aliphatic carbocycles. The summed E-state index contributed by atoms with van der Waals surface area (Å²) in [7, 11) is 0. The molecule has 0 radical (unpaired) electrons. The molecule has 0 aliphatic rings. The van der Waals surface area contributed by atoms with Crippen molar-refractivity contribution in [2.75, 3.05) is 0 Å². The molecule has 5 heteroatoms. The fraction of sp³-hybridized carbons (Fsp3) is 0.286. The molecule has 1 heterocycles. The van der Waals surface area contributed by atoms with Crippen LogP contribution in [0.1, 0.15) is 33.9 Å². The zero-order valence-electron chi connectivity index (χ0n) is 10.5. The van der Waals surface area contributed by atoms with Crippen molar-refractivity contribution in [3.63, 3.8) is 0 Å². The Morgan fingerprint density at radius 3 is 2.21 bits per heavy atom. The maximum Gasteiger partial charge on any atom is 0.416 e. The molecule has 1 N–H and O–H groups in total. The summed E-state index contributed by atoms with van der Waals surface area (Å²) in [6.45, 7) is 3.45. The molecule has 1 atom stereocenters. The van der Waals surface area contributed by atoms with Gasteiger partial charge in [-0.2, -0.15) is 24.5 Å². The van der Waals surface area contributed by atoms with Crippen LogP contribution in [0.3, 0.4) is 0 Å². The highest BCUT2D eigenvalue weighted by molar-refractivity contribution is 7.08. The molecule has 0 aliphatic heterocycles. The summed E-state index contributed by atoms with van der Waals surface area (Å²) in [6, 6.07) is 3.42. The van der Waals surface area contributed by atoms with Crippen LogP contribution in [-0.2, 0) is 6.18 Å². The molecule has 1 aromatic carbocycles. The second-order valence-corrected chi connectivity index (χ2v) is 5.23. The van der Waals surface area contributed by atoms with Crippen molar-refractivity contribution in [2.24, 2.45) is 0 Å². The number of rotatable bonds is 2. The first-order valence-corrected chi connectivity index (χ1v) is 6.63. The van der Waals surface area contributed by atoms with Crippen molar-refractivity contribution in [3.05, 3.63) is 56.8 Å². The molecule has 1 unspecified atom stereocenters. The lowest BCUT2D eigenvalue weighted by molar-refractivity contribution is -0.137. The van der Waals surface area contributed by atoms with Crippen LogP contribution in [-0.4, -0.2) is 5.11 Å². The van der Waals surface area contributed by atoms with Gasteiger partial charge in [-0.1, -0.05) is 6.07 Å². The Bertz CT molecular complexity index is 587. The highest BCUT2D eigenvalue weighted by atomic mass is 32.1. The Kier molecular flexibility index (Phi) is 3.69. The quantitative estimate of drug-likeness (QED) is 0.864. The van der Waals surface area contributed by atoms with Gasteiger partial charge in [0.2, 0.25) is 0 Å². The first-order valence-electron chi connectivity index (χ1n) is 5.69. The molecule has 102 valence electrons. The van der Waals surface area contributed by atoms with Crippen molar-refractivity contribution in [1.82, 2.24) is 0 Å². The van der Waals surface area contributed by atoms with Crippen molar-refractivity contribution in [2.45, 2.75) is 26.1 Å². The summed E-state index contributed by atoms with van der Waals surface area (Å²) < 4.78 is 37.7. The molecule has 2 aromatic rings. The topological polar surface area (TPSA) is 20.2 Å². The van der Waals surface area contributed by atoms with Crippen molar-refractivity contribution < 1.29 is 18.3 Å². The van der Waals surface area contributed by atoms with E-state index in [0.717, 1.165) is 23.3 Å². The highest BCUT2D eigenvalue weighted by Crippen LogP contribution is 2.34. The smallest absolute Gasteiger partial charge is 0.384 e. The third-order valence-corrected chi connectivity index (χ3v) is 3.96. The van der Waals surface area contributed by atoms with E-state index in [9.17, 15) is 18.3 Å². The van der Waals surface area contributed by atoms with Crippen LogP contribution in [0.15, 0.2) is 29.0 Å². The van der Waals surface area contributed by atoms with Gasteiger partial charge >= 0.3 is 6.18 Å². The standard InChI is InChI=1S/C14H13F3OS/c1-8-5-10(14(15,16)17)3-4-11(8)13(18)12-7-19-6-9(12)2/h3-7,13,18H,1-2H3. The van der Waals surface area contributed by atoms with E-state index < -0.39 is 17.8 Å². The Hall–Kier alpha value is -1.33. The highest BCUT2D eigenvalue weighted by Gasteiger charge is 2.31. The molecule has 0 fully saturated rings. The van der Waals surface area contributed by atoms with Crippen molar-refractivity contribution in [1.29, 1.82) is 0 Å². The molecular weight excluding hydrogens is 273 g/mol. The average molecular weight is 286 g/mol. The molecule has 0 saturated carbocycles. The van der Waals surface area contributed by atoms with E-state index in [1.807, 2.05) is 17.7 Å². The third-order valence-electron chi connectivity index (χ3n) is 3.08. The van der Waals surface area contributed by atoms with Gasteiger partial charge in [-0.3, -0.25) is 0 Å². The van der Waals surface area contributed by atoms with Crippen LogP contribution in [0.25, 0.3) is 0 Å². The van der Waals surface area contributed by atoms with Crippen molar-refractivity contribution in [3.8, 4) is 0 Å². The normalized spacial score (nSPS) is 13.6. The first kappa shape index (κ1) is 14.1.